The molecule has 0 unspecified atom stereocenters. The van der Waals surface area contributed by atoms with Gasteiger partial charge in [-0.05, 0) is 49.6 Å². The van der Waals surface area contributed by atoms with Crippen molar-refractivity contribution in [1.29, 1.82) is 0 Å². The fourth-order valence-corrected chi connectivity index (χ4v) is 2.91. The Morgan fingerprint density at radius 2 is 1.79 bits per heavy atom. The predicted molar refractivity (Wildman–Crippen MR) is 106 cm³/mol. The molecule has 2 aromatic rings. The second kappa shape index (κ2) is 9.69. The van der Waals surface area contributed by atoms with Crippen LogP contribution in [0, 0.1) is 13.8 Å². The van der Waals surface area contributed by atoms with Gasteiger partial charge in [0.25, 0.3) is 0 Å². The van der Waals surface area contributed by atoms with E-state index in [-0.39, 0.29) is 30.1 Å². The topological polar surface area (TPSA) is 92.7 Å². The third-order valence-electron chi connectivity index (χ3n) is 4.52. The van der Waals surface area contributed by atoms with E-state index in [4.69, 9.17) is 9.84 Å². The number of carboxylic acids is 1. The van der Waals surface area contributed by atoms with Crippen molar-refractivity contribution in [2.75, 3.05) is 13.7 Å². The smallest absolute Gasteiger partial charge is 0.335 e. The molecule has 0 saturated carbocycles. The average Bonchev–Trinajstić information content (AvgIpc) is 2.67. The lowest BCUT2D eigenvalue weighted by Crippen LogP contribution is -2.26. The number of carboxylic acid groups (broad SMARTS) is 1. The largest absolute Gasteiger partial charge is 0.496 e. The number of hydrogen-bond donors (Lipinski definition) is 2. The number of ether oxygens (including phenoxy) is 1. The van der Waals surface area contributed by atoms with E-state index < -0.39 is 5.97 Å². The molecule has 0 bridgehead atoms. The third-order valence-corrected chi connectivity index (χ3v) is 4.52. The summed E-state index contributed by atoms with van der Waals surface area (Å²) in [5.41, 5.74) is 3.54. The van der Waals surface area contributed by atoms with Crippen molar-refractivity contribution in [3.8, 4) is 5.75 Å². The number of nitrogens with one attached hydrogen (secondary N) is 1. The second-order valence-electron chi connectivity index (χ2n) is 6.67. The maximum Gasteiger partial charge on any atom is 0.335 e. The summed E-state index contributed by atoms with van der Waals surface area (Å²) in [6, 6.07) is 10.4. The van der Waals surface area contributed by atoms with Crippen molar-refractivity contribution in [2.45, 2.75) is 33.1 Å². The first-order valence-corrected chi connectivity index (χ1v) is 9.09. The van der Waals surface area contributed by atoms with Gasteiger partial charge in [-0.2, -0.15) is 0 Å². The first-order valence-electron chi connectivity index (χ1n) is 9.09. The number of aromatic carboxylic acids is 1. The standard InChI is InChI=1S/C22H25NO5/c1-14-4-5-15(2)18(12-14)19(24)8-9-21(25)23-11-10-16-6-7-17(22(26)27)13-20(16)28-3/h4-7,12-13H,8-11H2,1-3H3,(H,23,25)(H,26,27). The Labute approximate surface area is 164 Å². The highest BCUT2D eigenvalue weighted by molar-refractivity contribution is 5.99. The molecule has 2 aromatic carbocycles. The summed E-state index contributed by atoms with van der Waals surface area (Å²) in [4.78, 5) is 35.4. The van der Waals surface area contributed by atoms with Gasteiger partial charge in [-0.25, -0.2) is 4.79 Å². The summed E-state index contributed by atoms with van der Waals surface area (Å²) >= 11 is 0. The molecule has 6 nitrogen and oxygen atoms in total. The quantitative estimate of drug-likeness (QED) is 0.648. The fourth-order valence-electron chi connectivity index (χ4n) is 2.91. The normalized spacial score (nSPS) is 10.4. The van der Waals surface area contributed by atoms with E-state index >= 15 is 0 Å². The lowest BCUT2D eigenvalue weighted by Gasteiger charge is -2.10. The number of rotatable bonds is 9. The minimum atomic E-state index is -1.02. The van der Waals surface area contributed by atoms with Crippen LogP contribution in [0.2, 0.25) is 0 Å². The molecular weight excluding hydrogens is 358 g/mol. The number of carbonyl (C=O) groups is 3. The highest BCUT2D eigenvalue weighted by atomic mass is 16.5. The molecule has 0 heterocycles. The summed E-state index contributed by atoms with van der Waals surface area (Å²) in [7, 11) is 1.47. The van der Waals surface area contributed by atoms with Crippen molar-refractivity contribution >= 4 is 17.7 Å². The Morgan fingerprint density at radius 1 is 1.04 bits per heavy atom. The number of Topliss-reactive ketones (excluding diaryl/α,β-unsaturated/α-hetero) is 1. The minimum absolute atomic E-state index is 0.0396. The third kappa shape index (κ3) is 5.67. The van der Waals surface area contributed by atoms with Crippen LogP contribution < -0.4 is 10.1 Å². The van der Waals surface area contributed by atoms with Gasteiger partial charge in [0.15, 0.2) is 5.78 Å². The Morgan fingerprint density at radius 3 is 2.46 bits per heavy atom. The molecule has 28 heavy (non-hydrogen) atoms. The highest BCUT2D eigenvalue weighted by Gasteiger charge is 2.13. The summed E-state index contributed by atoms with van der Waals surface area (Å²) < 4.78 is 5.22. The second-order valence-corrected chi connectivity index (χ2v) is 6.67. The van der Waals surface area contributed by atoms with Crippen LogP contribution in [0.25, 0.3) is 0 Å². The Kier molecular flexibility index (Phi) is 7.32. The van der Waals surface area contributed by atoms with Crippen molar-refractivity contribution < 1.29 is 24.2 Å². The number of aryl methyl sites for hydroxylation is 2. The molecule has 2 N–H and O–H groups in total. The van der Waals surface area contributed by atoms with Crippen molar-refractivity contribution in [3.63, 3.8) is 0 Å². The van der Waals surface area contributed by atoms with Gasteiger partial charge in [-0.1, -0.05) is 23.8 Å². The first-order chi connectivity index (χ1) is 13.3. The molecule has 0 atom stereocenters. The maximum absolute atomic E-state index is 12.3. The number of amides is 1. The molecular formula is C22H25NO5. The summed E-state index contributed by atoms with van der Waals surface area (Å²) in [6.45, 7) is 4.19. The fraction of sp³-hybridized carbons (Fsp3) is 0.318. The Balaban J connectivity index is 1.84. The summed E-state index contributed by atoms with van der Waals surface area (Å²) in [5.74, 6) is -0.784. The molecule has 0 aliphatic heterocycles. The van der Waals surface area contributed by atoms with E-state index in [1.165, 1.54) is 19.2 Å². The van der Waals surface area contributed by atoms with Gasteiger partial charge in [0.1, 0.15) is 5.75 Å². The molecule has 0 aromatic heterocycles. The molecule has 148 valence electrons. The van der Waals surface area contributed by atoms with Crippen LogP contribution in [0.3, 0.4) is 0 Å². The van der Waals surface area contributed by atoms with Crippen LogP contribution in [-0.4, -0.2) is 36.4 Å². The molecule has 0 spiro atoms. The number of methoxy groups -OCH3 is 1. The number of ketones is 1. The SMILES string of the molecule is COc1cc(C(=O)O)ccc1CCNC(=O)CCC(=O)c1cc(C)ccc1C. The van der Waals surface area contributed by atoms with E-state index in [1.807, 2.05) is 32.0 Å². The first kappa shape index (κ1) is 21.2. The van der Waals surface area contributed by atoms with Crippen molar-refractivity contribution in [3.05, 3.63) is 64.2 Å². The van der Waals surface area contributed by atoms with Gasteiger partial charge in [-0.3, -0.25) is 9.59 Å². The zero-order chi connectivity index (χ0) is 20.7. The summed E-state index contributed by atoms with van der Waals surface area (Å²) in [6.07, 6.45) is 0.786. The van der Waals surface area contributed by atoms with Gasteiger partial charge in [0, 0.05) is 24.9 Å². The molecule has 0 radical (unpaired) electrons. The van der Waals surface area contributed by atoms with Crippen molar-refractivity contribution in [1.82, 2.24) is 5.32 Å². The van der Waals surface area contributed by atoms with E-state index in [0.29, 0.717) is 24.3 Å². The van der Waals surface area contributed by atoms with E-state index in [0.717, 1.165) is 16.7 Å². The van der Waals surface area contributed by atoms with Crippen LogP contribution in [0.1, 0.15) is 50.2 Å². The molecule has 0 saturated heterocycles. The number of hydrogen-bond acceptors (Lipinski definition) is 4. The zero-order valence-corrected chi connectivity index (χ0v) is 16.4. The van der Waals surface area contributed by atoms with E-state index in [9.17, 15) is 14.4 Å². The van der Waals surface area contributed by atoms with Gasteiger partial charge >= 0.3 is 5.97 Å². The van der Waals surface area contributed by atoms with Crippen LogP contribution in [-0.2, 0) is 11.2 Å². The Hall–Kier alpha value is -3.15. The van der Waals surface area contributed by atoms with Crippen molar-refractivity contribution in [2.24, 2.45) is 0 Å². The van der Waals surface area contributed by atoms with Gasteiger partial charge in [0.2, 0.25) is 5.91 Å². The molecule has 0 aliphatic carbocycles. The van der Waals surface area contributed by atoms with Crippen LogP contribution in [0.4, 0.5) is 0 Å². The summed E-state index contributed by atoms with van der Waals surface area (Å²) in [5, 5.41) is 11.8. The maximum atomic E-state index is 12.3. The van der Waals surface area contributed by atoms with Gasteiger partial charge < -0.3 is 15.2 Å². The molecule has 0 aliphatic rings. The highest BCUT2D eigenvalue weighted by Crippen LogP contribution is 2.20. The zero-order valence-electron chi connectivity index (χ0n) is 16.4. The predicted octanol–water partition coefficient (Wildman–Crippen LogP) is 3.33. The molecule has 6 heteroatoms. The number of benzene rings is 2. The number of carbonyl (C=O) groups excluding carboxylic acids is 2. The lowest BCUT2D eigenvalue weighted by atomic mass is 9.99. The monoisotopic (exact) mass is 383 g/mol. The van der Waals surface area contributed by atoms with E-state index in [1.54, 1.807) is 6.07 Å². The average molecular weight is 383 g/mol. The van der Waals surface area contributed by atoms with Crippen LogP contribution in [0.5, 0.6) is 5.75 Å². The minimum Gasteiger partial charge on any atom is -0.496 e. The van der Waals surface area contributed by atoms with Gasteiger partial charge in [-0.15, -0.1) is 0 Å². The lowest BCUT2D eigenvalue weighted by molar-refractivity contribution is -0.121. The van der Waals surface area contributed by atoms with Crippen LogP contribution >= 0.6 is 0 Å². The molecule has 1 amide bonds. The van der Waals surface area contributed by atoms with Crippen LogP contribution in [0.15, 0.2) is 36.4 Å². The molecule has 0 fully saturated rings. The van der Waals surface area contributed by atoms with Gasteiger partial charge in [0.05, 0.1) is 12.7 Å². The Bertz CT molecular complexity index is 888. The molecule has 2 rings (SSSR count). The van der Waals surface area contributed by atoms with E-state index in [2.05, 4.69) is 5.32 Å².